The minimum Gasteiger partial charge on any atom is -0.383 e. The van der Waals surface area contributed by atoms with E-state index >= 15 is 0 Å². The second kappa shape index (κ2) is 4.31. The summed E-state index contributed by atoms with van der Waals surface area (Å²) in [6, 6.07) is 1.30. The predicted octanol–water partition coefficient (Wildman–Crippen LogP) is 1.40. The van der Waals surface area contributed by atoms with Gasteiger partial charge < -0.3 is 10.5 Å². The van der Waals surface area contributed by atoms with E-state index in [1.165, 1.54) is 19.2 Å². The van der Waals surface area contributed by atoms with Crippen molar-refractivity contribution in [2.45, 2.75) is 38.5 Å². The van der Waals surface area contributed by atoms with E-state index in [1.807, 2.05) is 0 Å². The summed E-state index contributed by atoms with van der Waals surface area (Å²) in [4.78, 5) is 15.0. The van der Waals surface area contributed by atoms with Gasteiger partial charge >= 0.3 is 5.69 Å². The van der Waals surface area contributed by atoms with Gasteiger partial charge in [0.25, 0.3) is 5.92 Å². The van der Waals surface area contributed by atoms with Gasteiger partial charge in [0.2, 0.25) is 6.23 Å². The van der Waals surface area contributed by atoms with E-state index < -0.39 is 29.9 Å². The number of ether oxygens (including phenoxy) is 1. The fourth-order valence-electron chi connectivity index (χ4n) is 2.15. The highest BCUT2D eigenvalue weighted by Crippen LogP contribution is 2.46. The quantitative estimate of drug-likeness (QED) is 0.871. The molecule has 18 heavy (non-hydrogen) atoms. The zero-order chi connectivity index (χ0) is 13.5. The molecule has 0 radical (unpaired) electrons. The van der Waals surface area contributed by atoms with Crippen molar-refractivity contribution >= 4 is 5.82 Å². The predicted molar refractivity (Wildman–Crippen MR) is 61.2 cm³/mol. The Balaban J connectivity index is 2.42. The van der Waals surface area contributed by atoms with Gasteiger partial charge in [0.15, 0.2) is 0 Å². The molecule has 1 aliphatic rings. The summed E-state index contributed by atoms with van der Waals surface area (Å²) < 4.78 is 34.2. The van der Waals surface area contributed by atoms with Crippen LogP contribution in [0.4, 0.5) is 14.6 Å². The van der Waals surface area contributed by atoms with Gasteiger partial charge in [-0.15, -0.1) is 0 Å². The third kappa shape index (κ3) is 1.88. The number of hydrogen-bond acceptors (Lipinski definition) is 4. The molecule has 1 aromatic rings. The zero-order valence-electron chi connectivity index (χ0n) is 10.1. The third-order valence-electron chi connectivity index (χ3n) is 3.30. The van der Waals surface area contributed by atoms with Crippen molar-refractivity contribution < 1.29 is 13.5 Å². The summed E-state index contributed by atoms with van der Waals surface area (Å²) in [5.74, 6) is -4.06. The summed E-state index contributed by atoms with van der Waals surface area (Å²) in [6.07, 6.45) is -0.536. The Morgan fingerprint density at radius 1 is 1.61 bits per heavy atom. The summed E-state index contributed by atoms with van der Waals surface area (Å²) in [7, 11) is 0. The molecule has 0 saturated carbocycles. The lowest BCUT2D eigenvalue weighted by atomic mass is 9.98. The first kappa shape index (κ1) is 12.9. The number of nitrogens with zero attached hydrogens (tertiary/aromatic N) is 2. The van der Waals surface area contributed by atoms with Crippen LogP contribution in [0.15, 0.2) is 17.1 Å². The van der Waals surface area contributed by atoms with Crippen LogP contribution in [-0.4, -0.2) is 21.6 Å². The molecule has 1 aliphatic heterocycles. The van der Waals surface area contributed by atoms with Crippen molar-refractivity contribution in [1.29, 1.82) is 0 Å². The second-order valence-electron chi connectivity index (χ2n) is 4.44. The van der Waals surface area contributed by atoms with E-state index in [-0.39, 0.29) is 5.82 Å². The monoisotopic (exact) mass is 259 g/mol. The Labute approximate surface area is 103 Å². The maximum absolute atomic E-state index is 14.1. The molecule has 0 amide bonds. The highest BCUT2D eigenvalue weighted by molar-refractivity contribution is 5.23. The molecule has 0 aromatic carbocycles. The molecule has 1 aromatic heterocycles. The molecule has 0 unspecified atom stereocenters. The molecule has 0 aliphatic carbocycles. The Kier molecular flexibility index (Phi) is 3.10. The number of aromatic nitrogens is 2. The molecule has 7 heteroatoms. The first-order valence-electron chi connectivity index (χ1n) is 5.75. The van der Waals surface area contributed by atoms with Crippen LogP contribution in [0.5, 0.6) is 0 Å². The van der Waals surface area contributed by atoms with Crippen LogP contribution in [0.25, 0.3) is 0 Å². The molecule has 100 valence electrons. The van der Waals surface area contributed by atoms with Crippen LogP contribution in [0.3, 0.4) is 0 Å². The molecule has 1 fully saturated rings. The molecule has 2 heterocycles. The normalized spacial score (nSPS) is 30.6. The molecule has 3 atom stereocenters. The molecular weight excluding hydrogens is 244 g/mol. The van der Waals surface area contributed by atoms with Crippen molar-refractivity contribution in [3.8, 4) is 0 Å². The highest BCUT2D eigenvalue weighted by atomic mass is 19.3. The van der Waals surface area contributed by atoms with Gasteiger partial charge in [-0.2, -0.15) is 4.98 Å². The summed E-state index contributed by atoms with van der Waals surface area (Å²) in [5.41, 5.74) is 4.49. The Hall–Kier alpha value is -1.50. The number of nitrogens with two attached hydrogens (primary N) is 1. The van der Waals surface area contributed by atoms with Gasteiger partial charge in [0.1, 0.15) is 5.82 Å². The van der Waals surface area contributed by atoms with Gasteiger partial charge in [-0.25, -0.2) is 13.6 Å². The Morgan fingerprint density at radius 2 is 2.28 bits per heavy atom. The van der Waals surface area contributed by atoms with E-state index in [2.05, 4.69) is 4.98 Å². The maximum Gasteiger partial charge on any atom is 0.351 e. The van der Waals surface area contributed by atoms with Crippen LogP contribution in [0.2, 0.25) is 0 Å². The number of anilines is 1. The minimum atomic E-state index is -3.11. The Bertz CT molecular complexity index is 503. The Morgan fingerprint density at radius 3 is 2.78 bits per heavy atom. The number of halogens is 2. The molecular formula is C11H15F2N3O2. The van der Waals surface area contributed by atoms with Crippen LogP contribution in [-0.2, 0) is 4.74 Å². The number of alkyl halides is 2. The van der Waals surface area contributed by atoms with E-state index in [0.717, 1.165) is 4.57 Å². The molecule has 5 nitrogen and oxygen atoms in total. The summed E-state index contributed by atoms with van der Waals surface area (Å²) in [6.45, 7) is 3.19. The lowest BCUT2D eigenvalue weighted by molar-refractivity contribution is -0.125. The van der Waals surface area contributed by atoms with Crippen LogP contribution < -0.4 is 11.4 Å². The summed E-state index contributed by atoms with van der Waals surface area (Å²) in [5, 5.41) is 0. The van der Waals surface area contributed by atoms with Gasteiger partial charge in [-0.1, -0.05) is 13.8 Å². The van der Waals surface area contributed by atoms with Crippen molar-refractivity contribution in [2.75, 3.05) is 5.73 Å². The molecule has 0 spiro atoms. The molecule has 0 bridgehead atoms. The number of rotatable bonds is 2. The van der Waals surface area contributed by atoms with Gasteiger partial charge in [0, 0.05) is 6.20 Å². The standard InChI is InChI=1S/C11H15F2N3O2/c1-3-7-6(2)11(12,13)9(18-7)16-5-4-8(14)15-10(16)17/h4-7,9H,3H2,1-2H3,(H2,14,15,17)/t6-,7-,9-/m1/s1. The van der Waals surface area contributed by atoms with E-state index in [1.54, 1.807) is 6.92 Å². The van der Waals surface area contributed by atoms with Crippen LogP contribution in [0.1, 0.15) is 26.5 Å². The number of nitrogen functional groups attached to an aromatic ring is 1. The fourth-order valence-corrected chi connectivity index (χ4v) is 2.15. The van der Waals surface area contributed by atoms with Crippen molar-refractivity contribution in [1.82, 2.24) is 9.55 Å². The van der Waals surface area contributed by atoms with E-state index in [9.17, 15) is 13.6 Å². The average Bonchev–Trinajstić information content (AvgIpc) is 2.52. The lowest BCUT2D eigenvalue weighted by Gasteiger charge is -2.21. The van der Waals surface area contributed by atoms with Gasteiger partial charge in [-0.05, 0) is 12.5 Å². The van der Waals surface area contributed by atoms with E-state index in [0.29, 0.717) is 6.42 Å². The highest BCUT2D eigenvalue weighted by Gasteiger charge is 2.57. The minimum absolute atomic E-state index is 0.00217. The maximum atomic E-state index is 14.1. The van der Waals surface area contributed by atoms with Crippen molar-refractivity contribution in [2.24, 2.45) is 5.92 Å². The fraction of sp³-hybridized carbons (Fsp3) is 0.636. The molecule has 2 rings (SSSR count). The molecule has 2 N–H and O–H groups in total. The van der Waals surface area contributed by atoms with Crippen LogP contribution in [0, 0.1) is 5.92 Å². The average molecular weight is 259 g/mol. The number of hydrogen-bond donors (Lipinski definition) is 1. The van der Waals surface area contributed by atoms with Crippen molar-refractivity contribution in [3.05, 3.63) is 22.7 Å². The first-order chi connectivity index (χ1) is 8.37. The van der Waals surface area contributed by atoms with Crippen LogP contribution >= 0.6 is 0 Å². The first-order valence-corrected chi connectivity index (χ1v) is 5.75. The topological polar surface area (TPSA) is 70.1 Å². The largest absolute Gasteiger partial charge is 0.383 e. The SMILES string of the molecule is CC[C@H]1O[C@@H](n2ccc(N)nc2=O)C(F)(F)[C@@H]1C. The summed E-state index contributed by atoms with van der Waals surface area (Å²) >= 11 is 0. The second-order valence-corrected chi connectivity index (χ2v) is 4.44. The van der Waals surface area contributed by atoms with E-state index in [4.69, 9.17) is 10.5 Å². The zero-order valence-corrected chi connectivity index (χ0v) is 10.1. The van der Waals surface area contributed by atoms with Gasteiger partial charge in [0.05, 0.1) is 12.0 Å². The van der Waals surface area contributed by atoms with Gasteiger partial charge in [-0.3, -0.25) is 4.57 Å². The molecule has 1 saturated heterocycles. The van der Waals surface area contributed by atoms with Crippen molar-refractivity contribution in [3.63, 3.8) is 0 Å². The smallest absolute Gasteiger partial charge is 0.351 e. The third-order valence-corrected chi connectivity index (χ3v) is 3.30. The lowest BCUT2D eigenvalue weighted by Crippen LogP contribution is -2.37.